The van der Waals surface area contributed by atoms with Crippen molar-refractivity contribution < 1.29 is 32.5 Å². The second-order valence-electron chi connectivity index (χ2n) is 8.89. The molecule has 1 aromatic rings. The molecule has 0 aromatic heterocycles. The quantitative estimate of drug-likeness (QED) is 0.782. The van der Waals surface area contributed by atoms with Gasteiger partial charge in [-0.25, -0.2) is 0 Å². The van der Waals surface area contributed by atoms with Gasteiger partial charge in [0.15, 0.2) is 11.5 Å². The zero-order valence-electron chi connectivity index (χ0n) is 17.7. The summed E-state index contributed by atoms with van der Waals surface area (Å²) in [6.07, 6.45) is -4.01. The molecule has 1 amide bonds. The summed E-state index contributed by atoms with van der Waals surface area (Å²) in [4.78, 5) is 13.1. The highest BCUT2D eigenvalue weighted by Crippen LogP contribution is 2.52. The highest BCUT2D eigenvalue weighted by Gasteiger charge is 2.69. The Bertz CT molecular complexity index is 863. The standard InChI is InChI=1S/C21H27F3N2O4/c1-19(2,3)13-7-8-15-14(11-13)20(28,21(22,23)24)26(25-15)18(27)12-6-9-16(29-4)17(10-12)30-5/h6,9-10,13-14,28H,7-8,11H2,1-5H3/t13-,14-,20-/m0/s1. The van der Waals surface area contributed by atoms with Crippen molar-refractivity contribution in [3.8, 4) is 11.5 Å². The van der Waals surface area contributed by atoms with Gasteiger partial charge in [0, 0.05) is 11.3 Å². The van der Waals surface area contributed by atoms with Crippen LogP contribution in [-0.2, 0) is 0 Å². The van der Waals surface area contributed by atoms with Gasteiger partial charge in [0.2, 0.25) is 0 Å². The summed E-state index contributed by atoms with van der Waals surface area (Å²) in [7, 11) is 2.76. The van der Waals surface area contributed by atoms with Gasteiger partial charge >= 0.3 is 6.18 Å². The van der Waals surface area contributed by atoms with Gasteiger partial charge in [-0.2, -0.15) is 23.3 Å². The van der Waals surface area contributed by atoms with E-state index < -0.39 is 23.7 Å². The molecule has 1 aliphatic carbocycles. The molecule has 2 aliphatic rings. The van der Waals surface area contributed by atoms with Gasteiger partial charge in [0.25, 0.3) is 11.6 Å². The Labute approximate surface area is 173 Å². The molecule has 30 heavy (non-hydrogen) atoms. The zero-order valence-corrected chi connectivity index (χ0v) is 17.7. The number of benzene rings is 1. The molecule has 1 saturated carbocycles. The van der Waals surface area contributed by atoms with Crippen LogP contribution in [0.25, 0.3) is 0 Å². The lowest BCUT2D eigenvalue weighted by molar-refractivity contribution is -0.314. The van der Waals surface area contributed by atoms with E-state index in [4.69, 9.17) is 9.47 Å². The zero-order chi connectivity index (χ0) is 22.5. The van der Waals surface area contributed by atoms with Crippen LogP contribution in [0.3, 0.4) is 0 Å². The van der Waals surface area contributed by atoms with E-state index in [0.29, 0.717) is 18.6 Å². The maximum atomic E-state index is 14.2. The predicted molar refractivity (Wildman–Crippen MR) is 104 cm³/mol. The smallest absolute Gasteiger partial charge is 0.439 e. The molecule has 1 fully saturated rings. The van der Waals surface area contributed by atoms with Crippen molar-refractivity contribution in [2.75, 3.05) is 14.2 Å². The number of carbonyl (C=O) groups excluding carboxylic acids is 1. The van der Waals surface area contributed by atoms with Crippen LogP contribution >= 0.6 is 0 Å². The van der Waals surface area contributed by atoms with Crippen molar-refractivity contribution >= 4 is 11.6 Å². The van der Waals surface area contributed by atoms with Crippen molar-refractivity contribution in [3.05, 3.63) is 23.8 Å². The van der Waals surface area contributed by atoms with Crippen LogP contribution in [0.15, 0.2) is 23.3 Å². The van der Waals surface area contributed by atoms with Crippen LogP contribution in [0, 0.1) is 17.3 Å². The molecule has 1 aromatic carbocycles. The maximum absolute atomic E-state index is 14.2. The third-order valence-electron chi connectivity index (χ3n) is 6.17. The Morgan fingerprint density at radius 3 is 2.37 bits per heavy atom. The highest BCUT2D eigenvalue weighted by atomic mass is 19.4. The van der Waals surface area contributed by atoms with E-state index in [9.17, 15) is 23.1 Å². The SMILES string of the molecule is COc1ccc(C(=O)N2N=C3CC[C@H](C(C)(C)C)C[C@@H]3[C@]2(O)C(F)(F)F)cc1OC. The number of rotatable bonds is 3. The van der Waals surface area contributed by atoms with Crippen molar-refractivity contribution in [3.63, 3.8) is 0 Å². The number of ether oxygens (including phenoxy) is 2. The van der Waals surface area contributed by atoms with Crippen molar-refractivity contribution in [1.82, 2.24) is 5.01 Å². The monoisotopic (exact) mass is 428 g/mol. The lowest BCUT2D eigenvalue weighted by atomic mass is 9.66. The summed E-state index contributed by atoms with van der Waals surface area (Å²) in [5.41, 5.74) is -3.50. The number of hydrogen-bond donors (Lipinski definition) is 1. The van der Waals surface area contributed by atoms with Crippen molar-refractivity contribution in [2.24, 2.45) is 22.4 Å². The number of hydrogen-bond acceptors (Lipinski definition) is 5. The first-order valence-corrected chi connectivity index (χ1v) is 9.77. The minimum Gasteiger partial charge on any atom is -0.493 e. The van der Waals surface area contributed by atoms with E-state index in [1.54, 1.807) is 0 Å². The van der Waals surface area contributed by atoms with Crippen LogP contribution in [0.5, 0.6) is 11.5 Å². The molecule has 0 unspecified atom stereocenters. The molecule has 3 rings (SSSR count). The van der Waals surface area contributed by atoms with Gasteiger partial charge in [-0.1, -0.05) is 20.8 Å². The normalized spacial score (nSPS) is 26.8. The number of fused-ring (bicyclic) bond motifs is 1. The summed E-state index contributed by atoms with van der Waals surface area (Å²) in [5, 5.41) is 15.1. The van der Waals surface area contributed by atoms with Gasteiger partial charge in [-0.3, -0.25) is 4.79 Å². The van der Waals surface area contributed by atoms with Crippen LogP contribution < -0.4 is 9.47 Å². The number of methoxy groups -OCH3 is 2. The average Bonchev–Trinajstić information content (AvgIpc) is 2.99. The van der Waals surface area contributed by atoms with Crippen LogP contribution in [-0.4, -0.2) is 47.9 Å². The average molecular weight is 428 g/mol. The number of hydrazone groups is 1. The Balaban J connectivity index is 2.02. The number of alkyl halides is 3. The molecular weight excluding hydrogens is 401 g/mol. The fraction of sp³-hybridized carbons (Fsp3) is 0.619. The Morgan fingerprint density at radius 1 is 1.20 bits per heavy atom. The number of nitrogens with zero attached hydrogens (tertiary/aromatic N) is 2. The van der Waals surface area contributed by atoms with Crippen LogP contribution in [0.2, 0.25) is 0 Å². The minimum absolute atomic E-state index is 0.0357. The Hall–Kier alpha value is -2.29. The van der Waals surface area contributed by atoms with E-state index in [2.05, 4.69) is 5.10 Å². The van der Waals surface area contributed by atoms with Crippen molar-refractivity contribution in [2.45, 2.75) is 51.9 Å². The van der Waals surface area contributed by atoms with Gasteiger partial charge in [-0.05, 0) is 48.8 Å². The molecule has 6 nitrogen and oxygen atoms in total. The van der Waals surface area contributed by atoms with Gasteiger partial charge in [0.05, 0.1) is 20.1 Å². The molecule has 1 heterocycles. The van der Waals surface area contributed by atoms with E-state index in [1.807, 2.05) is 20.8 Å². The maximum Gasteiger partial charge on any atom is 0.439 e. The molecule has 0 radical (unpaired) electrons. The molecule has 1 N–H and O–H groups in total. The second kappa shape index (κ2) is 7.44. The summed E-state index contributed by atoms with van der Waals surface area (Å²) in [5.74, 6) is -1.86. The summed E-state index contributed by atoms with van der Waals surface area (Å²) < 4.78 is 52.7. The van der Waals surface area contributed by atoms with Gasteiger partial charge < -0.3 is 14.6 Å². The highest BCUT2D eigenvalue weighted by molar-refractivity contribution is 5.99. The van der Waals surface area contributed by atoms with Gasteiger partial charge in [-0.15, -0.1) is 0 Å². The van der Waals surface area contributed by atoms with Crippen LogP contribution in [0.4, 0.5) is 13.2 Å². The minimum atomic E-state index is -5.07. The summed E-state index contributed by atoms with van der Waals surface area (Å²) in [6.45, 7) is 5.90. The fourth-order valence-electron chi connectivity index (χ4n) is 4.30. The van der Waals surface area contributed by atoms with E-state index >= 15 is 0 Å². The summed E-state index contributed by atoms with van der Waals surface area (Å²) >= 11 is 0. The Kier molecular flexibility index (Phi) is 5.56. The Morgan fingerprint density at radius 2 is 1.83 bits per heavy atom. The molecule has 3 atom stereocenters. The third kappa shape index (κ3) is 3.53. The topological polar surface area (TPSA) is 71.4 Å². The largest absolute Gasteiger partial charge is 0.493 e. The third-order valence-corrected chi connectivity index (χ3v) is 6.17. The first kappa shape index (κ1) is 22.4. The molecule has 1 aliphatic heterocycles. The number of carbonyl (C=O) groups is 1. The predicted octanol–water partition coefficient (Wildman–Crippen LogP) is 4.23. The molecule has 0 bridgehead atoms. The molecule has 0 saturated heterocycles. The lowest BCUT2D eigenvalue weighted by Crippen LogP contribution is -2.62. The number of aliphatic hydroxyl groups is 1. The molecular formula is C21H27F3N2O4. The van der Waals surface area contributed by atoms with Gasteiger partial charge in [0.1, 0.15) is 0 Å². The summed E-state index contributed by atoms with van der Waals surface area (Å²) in [6, 6.07) is 4.02. The lowest BCUT2D eigenvalue weighted by Gasteiger charge is -2.42. The molecule has 0 spiro atoms. The number of amides is 1. The van der Waals surface area contributed by atoms with Crippen molar-refractivity contribution in [1.29, 1.82) is 0 Å². The molecule has 166 valence electrons. The van der Waals surface area contributed by atoms with E-state index in [1.165, 1.54) is 32.4 Å². The first-order chi connectivity index (χ1) is 13.8. The van der Waals surface area contributed by atoms with E-state index in [-0.39, 0.29) is 39.8 Å². The second-order valence-corrected chi connectivity index (χ2v) is 8.89. The molecule has 9 heteroatoms. The van der Waals surface area contributed by atoms with Crippen LogP contribution in [0.1, 0.15) is 50.4 Å². The number of halogens is 3. The van der Waals surface area contributed by atoms with E-state index in [0.717, 1.165) is 0 Å². The first-order valence-electron chi connectivity index (χ1n) is 9.77. The fourth-order valence-corrected chi connectivity index (χ4v) is 4.30.